The Kier molecular flexibility index (Phi) is 3.14. The van der Waals surface area contributed by atoms with Crippen LogP contribution in [0.5, 0.6) is 5.75 Å². The van der Waals surface area contributed by atoms with Crippen LogP contribution in [0.25, 0.3) is 11.3 Å². The SMILES string of the molecule is COc1c(-c2cc(F)ccc2F)[nH]cnc1=S. The summed E-state index contributed by atoms with van der Waals surface area (Å²) in [7, 11) is 1.39. The molecule has 6 heteroatoms. The summed E-state index contributed by atoms with van der Waals surface area (Å²) in [5.74, 6) is -0.895. The highest BCUT2D eigenvalue weighted by atomic mass is 32.1. The van der Waals surface area contributed by atoms with Crippen molar-refractivity contribution in [3.63, 3.8) is 0 Å². The van der Waals surface area contributed by atoms with Gasteiger partial charge in [-0.15, -0.1) is 0 Å². The quantitative estimate of drug-likeness (QED) is 0.837. The molecule has 17 heavy (non-hydrogen) atoms. The van der Waals surface area contributed by atoms with Gasteiger partial charge in [0.15, 0.2) is 10.4 Å². The van der Waals surface area contributed by atoms with E-state index in [2.05, 4.69) is 9.97 Å². The minimum absolute atomic E-state index is 0.0513. The van der Waals surface area contributed by atoms with E-state index in [4.69, 9.17) is 17.0 Å². The van der Waals surface area contributed by atoms with Crippen LogP contribution in [0, 0.1) is 16.3 Å². The normalized spacial score (nSPS) is 10.3. The highest BCUT2D eigenvalue weighted by molar-refractivity contribution is 7.71. The van der Waals surface area contributed by atoms with E-state index < -0.39 is 11.6 Å². The Hall–Kier alpha value is -1.82. The molecule has 1 aromatic heterocycles. The number of nitrogens with zero attached hydrogens (tertiary/aromatic N) is 1. The number of nitrogens with one attached hydrogen (secondary N) is 1. The fraction of sp³-hybridized carbons (Fsp3) is 0.0909. The van der Waals surface area contributed by atoms with E-state index in [9.17, 15) is 8.78 Å². The zero-order chi connectivity index (χ0) is 12.4. The van der Waals surface area contributed by atoms with E-state index in [0.717, 1.165) is 18.2 Å². The zero-order valence-corrected chi connectivity index (χ0v) is 9.65. The molecule has 0 saturated heterocycles. The fourth-order valence-electron chi connectivity index (χ4n) is 1.47. The van der Waals surface area contributed by atoms with Crippen LogP contribution in [0.15, 0.2) is 24.5 Å². The van der Waals surface area contributed by atoms with E-state index in [1.807, 2.05) is 0 Å². The maximum atomic E-state index is 13.6. The lowest BCUT2D eigenvalue weighted by atomic mass is 10.1. The molecule has 0 aliphatic rings. The summed E-state index contributed by atoms with van der Waals surface area (Å²) in [6.07, 6.45) is 1.31. The molecule has 0 spiro atoms. The monoisotopic (exact) mass is 254 g/mol. The summed E-state index contributed by atoms with van der Waals surface area (Å²) >= 11 is 4.94. The number of rotatable bonds is 2. The summed E-state index contributed by atoms with van der Waals surface area (Å²) in [6.45, 7) is 0. The predicted molar refractivity (Wildman–Crippen MR) is 61.3 cm³/mol. The van der Waals surface area contributed by atoms with E-state index in [1.165, 1.54) is 13.4 Å². The maximum Gasteiger partial charge on any atom is 0.179 e. The lowest BCUT2D eigenvalue weighted by Crippen LogP contribution is -1.96. The van der Waals surface area contributed by atoms with Crippen molar-refractivity contribution in [1.82, 2.24) is 9.97 Å². The highest BCUT2D eigenvalue weighted by Crippen LogP contribution is 2.30. The Morgan fingerprint density at radius 2 is 2.12 bits per heavy atom. The lowest BCUT2D eigenvalue weighted by molar-refractivity contribution is 0.410. The van der Waals surface area contributed by atoms with Crippen LogP contribution < -0.4 is 4.74 Å². The average molecular weight is 254 g/mol. The minimum Gasteiger partial charge on any atom is -0.491 e. The third kappa shape index (κ3) is 2.16. The summed E-state index contributed by atoms with van der Waals surface area (Å²) in [4.78, 5) is 6.51. The number of halogens is 2. The van der Waals surface area contributed by atoms with Crippen molar-refractivity contribution >= 4 is 12.2 Å². The van der Waals surface area contributed by atoms with E-state index >= 15 is 0 Å². The van der Waals surface area contributed by atoms with Crippen LogP contribution in [0.1, 0.15) is 0 Å². The second-order valence-corrected chi connectivity index (χ2v) is 3.63. The Morgan fingerprint density at radius 1 is 1.35 bits per heavy atom. The lowest BCUT2D eigenvalue weighted by Gasteiger charge is -2.08. The number of benzene rings is 1. The number of hydrogen-bond donors (Lipinski definition) is 1. The van der Waals surface area contributed by atoms with Crippen molar-refractivity contribution in [3.8, 4) is 17.0 Å². The molecule has 2 rings (SSSR count). The molecule has 0 fully saturated rings. The predicted octanol–water partition coefficient (Wildman–Crippen LogP) is 3.09. The van der Waals surface area contributed by atoms with Gasteiger partial charge in [0.2, 0.25) is 0 Å². The molecule has 0 saturated carbocycles. The summed E-state index contributed by atoms with van der Waals surface area (Å²) in [6, 6.07) is 3.15. The largest absolute Gasteiger partial charge is 0.491 e. The molecular formula is C11H8F2N2OS. The van der Waals surface area contributed by atoms with Crippen LogP contribution in [0.3, 0.4) is 0 Å². The second-order valence-electron chi connectivity index (χ2n) is 3.24. The van der Waals surface area contributed by atoms with Crippen LogP contribution in [0.2, 0.25) is 0 Å². The zero-order valence-electron chi connectivity index (χ0n) is 8.83. The summed E-state index contributed by atoms with van der Waals surface area (Å²) < 4.78 is 31.9. The number of aromatic amines is 1. The standard InChI is InChI=1S/C11H8F2N2OS/c1-16-10-9(14-5-15-11(10)17)7-4-6(12)2-3-8(7)13/h2-5H,1H3,(H,14,15,17). The van der Waals surface area contributed by atoms with Crippen molar-refractivity contribution in [3.05, 3.63) is 40.8 Å². The molecule has 2 aromatic rings. The molecule has 0 bridgehead atoms. The van der Waals surface area contributed by atoms with Gasteiger partial charge in [0, 0.05) is 5.56 Å². The first-order valence-corrected chi connectivity index (χ1v) is 5.11. The molecule has 3 nitrogen and oxygen atoms in total. The number of methoxy groups -OCH3 is 1. The van der Waals surface area contributed by atoms with Gasteiger partial charge < -0.3 is 9.72 Å². The molecule has 88 valence electrons. The number of H-pyrrole nitrogens is 1. The van der Waals surface area contributed by atoms with Crippen molar-refractivity contribution in [1.29, 1.82) is 0 Å². The van der Waals surface area contributed by atoms with Crippen LogP contribution in [0.4, 0.5) is 8.78 Å². The molecule has 0 radical (unpaired) electrons. The molecule has 0 atom stereocenters. The topological polar surface area (TPSA) is 37.9 Å². The van der Waals surface area contributed by atoms with Crippen molar-refractivity contribution in [2.24, 2.45) is 0 Å². The number of ether oxygens (including phenoxy) is 1. The molecular weight excluding hydrogens is 246 g/mol. The molecule has 0 unspecified atom stereocenters. The van der Waals surface area contributed by atoms with Crippen molar-refractivity contribution in [2.75, 3.05) is 7.11 Å². The van der Waals surface area contributed by atoms with Crippen LogP contribution in [-0.4, -0.2) is 17.1 Å². The van der Waals surface area contributed by atoms with E-state index in [1.54, 1.807) is 0 Å². The Bertz CT molecular complexity index is 613. The van der Waals surface area contributed by atoms with Gasteiger partial charge in [-0.3, -0.25) is 0 Å². The van der Waals surface area contributed by atoms with E-state index in [0.29, 0.717) is 0 Å². The molecule has 0 aliphatic heterocycles. The maximum absolute atomic E-state index is 13.6. The highest BCUT2D eigenvalue weighted by Gasteiger charge is 2.13. The van der Waals surface area contributed by atoms with Crippen LogP contribution >= 0.6 is 12.2 Å². The fourth-order valence-corrected chi connectivity index (χ4v) is 1.70. The molecule has 0 aliphatic carbocycles. The van der Waals surface area contributed by atoms with Crippen molar-refractivity contribution < 1.29 is 13.5 Å². The summed E-state index contributed by atoms with van der Waals surface area (Å²) in [5, 5.41) is 0. The van der Waals surface area contributed by atoms with Gasteiger partial charge in [0.1, 0.15) is 11.6 Å². The van der Waals surface area contributed by atoms with Gasteiger partial charge in [-0.05, 0) is 18.2 Å². The Balaban J connectivity index is 2.72. The van der Waals surface area contributed by atoms with Crippen LogP contribution in [-0.2, 0) is 0 Å². The first-order valence-electron chi connectivity index (χ1n) is 4.70. The molecule has 1 heterocycles. The molecule has 0 amide bonds. The smallest absolute Gasteiger partial charge is 0.179 e. The van der Waals surface area contributed by atoms with Gasteiger partial charge in [-0.2, -0.15) is 0 Å². The number of aromatic nitrogens is 2. The van der Waals surface area contributed by atoms with Gasteiger partial charge in [0.25, 0.3) is 0 Å². The third-order valence-corrected chi connectivity index (χ3v) is 2.50. The molecule has 1 aromatic carbocycles. The minimum atomic E-state index is -0.568. The Labute approximate surface area is 101 Å². The van der Waals surface area contributed by atoms with Gasteiger partial charge in [-0.1, -0.05) is 12.2 Å². The van der Waals surface area contributed by atoms with Crippen molar-refractivity contribution in [2.45, 2.75) is 0 Å². The average Bonchev–Trinajstić information content (AvgIpc) is 2.32. The first kappa shape index (κ1) is 11.7. The second kappa shape index (κ2) is 4.58. The third-order valence-electron chi connectivity index (χ3n) is 2.21. The van der Waals surface area contributed by atoms with Gasteiger partial charge in [0.05, 0.1) is 19.1 Å². The Morgan fingerprint density at radius 3 is 2.82 bits per heavy atom. The summed E-state index contributed by atoms with van der Waals surface area (Å²) in [5.41, 5.74) is 0.319. The van der Waals surface area contributed by atoms with E-state index in [-0.39, 0.29) is 21.6 Å². The molecule has 1 N–H and O–H groups in total. The first-order chi connectivity index (χ1) is 8.13. The van der Waals surface area contributed by atoms with Gasteiger partial charge >= 0.3 is 0 Å². The van der Waals surface area contributed by atoms with Gasteiger partial charge in [-0.25, -0.2) is 13.8 Å². The number of hydrogen-bond acceptors (Lipinski definition) is 3.